The monoisotopic (exact) mass is 256 g/mol. The van der Waals surface area contributed by atoms with Crippen molar-refractivity contribution in [2.24, 2.45) is 0 Å². The van der Waals surface area contributed by atoms with E-state index in [-0.39, 0.29) is 6.61 Å². The molecule has 0 N–H and O–H groups in total. The maximum atomic E-state index is 12.0. The van der Waals surface area contributed by atoms with Crippen molar-refractivity contribution >= 4 is 10.1 Å². The molecular formula is C13H20O3S. The minimum atomic E-state index is -3.58. The number of rotatable bonds is 7. The average Bonchev–Trinajstić information content (AvgIpc) is 2.34. The normalized spacial score (nSPS) is 11.6. The van der Waals surface area contributed by atoms with Crippen LogP contribution in [0.2, 0.25) is 0 Å². The second-order valence-corrected chi connectivity index (χ2v) is 5.57. The highest BCUT2D eigenvalue weighted by Gasteiger charge is 2.18. The molecule has 0 atom stereocenters. The molecule has 3 nitrogen and oxygen atoms in total. The van der Waals surface area contributed by atoms with Gasteiger partial charge >= 0.3 is 0 Å². The fraction of sp³-hybridized carbons (Fsp3) is 0.538. The van der Waals surface area contributed by atoms with Gasteiger partial charge in [0.05, 0.1) is 11.5 Å². The molecule has 0 amide bonds. The quantitative estimate of drug-likeness (QED) is 0.704. The van der Waals surface area contributed by atoms with Crippen molar-refractivity contribution in [3.8, 4) is 0 Å². The molecule has 0 unspecified atom stereocenters. The minimum Gasteiger partial charge on any atom is -0.266 e. The van der Waals surface area contributed by atoms with Gasteiger partial charge in [-0.1, -0.05) is 38.5 Å². The molecule has 1 rings (SSSR count). The maximum absolute atomic E-state index is 12.0. The Hall–Kier alpha value is -0.870. The van der Waals surface area contributed by atoms with Gasteiger partial charge in [-0.25, -0.2) is 0 Å². The van der Waals surface area contributed by atoms with E-state index >= 15 is 0 Å². The van der Waals surface area contributed by atoms with E-state index in [0.29, 0.717) is 11.3 Å². The lowest BCUT2D eigenvalue weighted by Crippen LogP contribution is -2.09. The summed E-state index contributed by atoms with van der Waals surface area (Å²) in [6, 6.07) is 7.08. The van der Waals surface area contributed by atoms with Crippen LogP contribution in [0.25, 0.3) is 0 Å². The molecule has 96 valence electrons. The summed E-state index contributed by atoms with van der Waals surface area (Å²) in [6.07, 6.45) is 3.50. The second-order valence-electron chi connectivity index (χ2n) is 3.99. The Kier molecular flexibility index (Phi) is 5.65. The van der Waals surface area contributed by atoms with Crippen LogP contribution in [-0.4, -0.2) is 15.0 Å². The Morgan fingerprint density at radius 1 is 1.12 bits per heavy atom. The summed E-state index contributed by atoms with van der Waals surface area (Å²) in [4.78, 5) is 0.321. The zero-order chi connectivity index (χ0) is 12.7. The third-order valence-corrected chi connectivity index (χ3v) is 3.90. The van der Waals surface area contributed by atoms with E-state index in [1.54, 1.807) is 12.1 Å². The molecule has 0 saturated heterocycles. The lowest BCUT2D eigenvalue weighted by Gasteiger charge is -2.09. The Labute approximate surface area is 104 Å². The van der Waals surface area contributed by atoms with E-state index in [4.69, 9.17) is 4.18 Å². The lowest BCUT2D eigenvalue weighted by molar-refractivity contribution is 0.317. The molecule has 17 heavy (non-hydrogen) atoms. The molecule has 0 heterocycles. The first-order valence-electron chi connectivity index (χ1n) is 6.09. The molecule has 1 aromatic rings. The van der Waals surface area contributed by atoms with Crippen LogP contribution in [-0.2, 0) is 20.7 Å². The highest BCUT2D eigenvalue weighted by atomic mass is 32.2. The van der Waals surface area contributed by atoms with Crippen LogP contribution in [0.15, 0.2) is 29.2 Å². The standard InChI is InChI=1S/C13H20O3S/c1-3-5-8-12-9-6-7-10-13(12)17(14,15)16-11-4-2/h6-7,9-10H,3-5,8,11H2,1-2H3. The van der Waals surface area contributed by atoms with Gasteiger partial charge in [-0.05, 0) is 30.9 Å². The summed E-state index contributed by atoms with van der Waals surface area (Å²) in [6.45, 7) is 4.22. The molecule has 0 radical (unpaired) electrons. The van der Waals surface area contributed by atoms with Gasteiger partial charge < -0.3 is 0 Å². The fourth-order valence-electron chi connectivity index (χ4n) is 1.58. The molecule has 0 aliphatic carbocycles. The summed E-state index contributed by atoms with van der Waals surface area (Å²) in [5.74, 6) is 0. The van der Waals surface area contributed by atoms with Crippen molar-refractivity contribution in [3.05, 3.63) is 29.8 Å². The number of hydrogen-bond acceptors (Lipinski definition) is 3. The van der Waals surface area contributed by atoms with Crippen LogP contribution in [0.5, 0.6) is 0 Å². The van der Waals surface area contributed by atoms with Crippen molar-refractivity contribution in [1.29, 1.82) is 0 Å². The van der Waals surface area contributed by atoms with Crippen LogP contribution >= 0.6 is 0 Å². The molecular weight excluding hydrogens is 236 g/mol. The van der Waals surface area contributed by atoms with E-state index in [9.17, 15) is 8.42 Å². The second kappa shape index (κ2) is 6.77. The van der Waals surface area contributed by atoms with Crippen molar-refractivity contribution in [2.45, 2.75) is 44.4 Å². The molecule has 0 fully saturated rings. The summed E-state index contributed by atoms with van der Waals surface area (Å²) >= 11 is 0. The van der Waals surface area contributed by atoms with E-state index in [2.05, 4.69) is 6.92 Å². The number of hydrogen-bond donors (Lipinski definition) is 0. The molecule has 0 bridgehead atoms. The zero-order valence-electron chi connectivity index (χ0n) is 10.5. The van der Waals surface area contributed by atoms with Crippen LogP contribution in [0.1, 0.15) is 38.7 Å². The fourth-order valence-corrected chi connectivity index (χ4v) is 2.83. The topological polar surface area (TPSA) is 43.4 Å². The molecule has 0 saturated carbocycles. The van der Waals surface area contributed by atoms with Crippen molar-refractivity contribution < 1.29 is 12.6 Å². The molecule has 1 aromatic carbocycles. The summed E-state index contributed by atoms with van der Waals surface area (Å²) in [5.41, 5.74) is 0.852. The summed E-state index contributed by atoms with van der Waals surface area (Å²) < 4.78 is 28.9. The number of aryl methyl sites for hydroxylation is 1. The van der Waals surface area contributed by atoms with Crippen molar-refractivity contribution in [2.75, 3.05) is 6.61 Å². The molecule has 0 aliphatic heterocycles. The van der Waals surface area contributed by atoms with Gasteiger partial charge in [0.2, 0.25) is 0 Å². The first-order valence-corrected chi connectivity index (χ1v) is 7.50. The Bertz CT molecular complexity index is 438. The summed E-state index contributed by atoms with van der Waals surface area (Å²) in [5, 5.41) is 0. The van der Waals surface area contributed by atoms with Crippen LogP contribution < -0.4 is 0 Å². The van der Waals surface area contributed by atoms with Crippen molar-refractivity contribution in [1.82, 2.24) is 0 Å². The predicted molar refractivity (Wildman–Crippen MR) is 68.5 cm³/mol. The minimum absolute atomic E-state index is 0.241. The Morgan fingerprint density at radius 3 is 2.47 bits per heavy atom. The molecule has 0 aromatic heterocycles. The number of unbranched alkanes of at least 4 members (excludes halogenated alkanes) is 1. The average molecular weight is 256 g/mol. The van der Waals surface area contributed by atoms with E-state index in [1.165, 1.54) is 0 Å². The predicted octanol–water partition coefficient (Wildman–Crippen LogP) is 3.14. The van der Waals surface area contributed by atoms with Crippen LogP contribution in [0.3, 0.4) is 0 Å². The van der Waals surface area contributed by atoms with Gasteiger partial charge in [0.15, 0.2) is 0 Å². The Morgan fingerprint density at radius 2 is 1.82 bits per heavy atom. The lowest BCUT2D eigenvalue weighted by atomic mass is 10.1. The van der Waals surface area contributed by atoms with Crippen LogP contribution in [0.4, 0.5) is 0 Å². The van der Waals surface area contributed by atoms with Gasteiger partial charge in [-0.15, -0.1) is 0 Å². The first-order chi connectivity index (χ1) is 8.11. The molecule has 0 aliphatic rings. The highest BCUT2D eigenvalue weighted by Crippen LogP contribution is 2.19. The van der Waals surface area contributed by atoms with E-state index < -0.39 is 10.1 Å². The third-order valence-electron chi connectivity index (χ3n) is 2.48. The van der Waals surface area contributed by atoms with Gasteiger partial charge in [0.25, 0.3) is 10.1 Å². The summed E-state index contributed by atoms with van der Waals surface area (Å²) in [7, 11) is -3.58. The highest BCUT2D eigenvalue weighted by molar-refractivity contribution is 7.86. The van der Waals surface area contributed by atoms with Crippen LogP contribution in [0, 0.1) is 0 Å². The first kappa shape index (κ1) is 14.2. The third kappa shape index (κ3) is 4.13. The van der Waals surface area contributed by atoms with Gasteiger partial charge in [-0.2, -0.15) is 8.42 Å². The van der Waals surface area contributed by atoms with E-state index in [1.807, 2.05) is 19.1 Å². The van der Waals surface area contributed by atoms with Crippen molar-refractivity contribution in [3.63, 3.8) is 0 Å². The van der Waals surface area contributed by atoms with Gasteiger partial charge in [0.1, 0.15) is 0 Å². The Balaban J connectivity index is 2.95. The van der Waals surface area contributed by atoms with Gasteiger partial charge in [0, 0.05) is 0 Å². The smallest absolute Gasteiger partial charge is 0.266 e. The zero-order valence-corrected chi connectivity index (χ0v) is 11.3. The number of benzene rings is 1. The van der Waals surface area contributed by atoms with E-state index in [0.717, 1.165) is 24.8 Å². The SMILES string of the molecule is CCCCc1ccccc1S(=O)(=O)OCCC. The van der Waals surface area contributed by atoms with Gasteiger partial charge in [-0.3, -0.25) is 4.18 Å². The molecule has 4 heteroatoms. The maximum Gasteiger partial charge on any atom is 0.297 e. The molecule has 0 spiro atoms. The largest absolute Gasteiger partial charge is 0.297 e.